The third kappa shape index (κ3) is 4.54. The van der Waals surface area contributed by atoms with Gasteiger partial charge in [-0.2, -0.15) is 0 Å². The monoisotopic (exact) mass is 293 g/mol. The van der Waals surface area contributed by atoms with Crippen LogP contribution in [0, 0.1) is 0 Å². The predicted octanol–water partition coefficient (Wildman–Crippen LogP) is 1.31. The number of nitrogens with one attached hydrogen (secondary N) is 1. The summed E-state index contributed by atoms with van der Waals surface area (Å²) < 4.78 is 10.8. The van der Waals surface area contributed by atoms with Crippen LogP contribution in [-0.4, -0.2) is 48.9 Å². The van der Waals surface area contributed by atoms with E-state index in [2.05, 4.69) is 5.32 Å². The van der Waals surface area contributed by atoms with Crippen LogP contribution in [0.1, 0.15) is 34.1 Å². The lowest BCUT2D eigenvalue weighted by atomic mass is 10.1. The van der Waals surface area contributed by atoms with E-state index in [1.165, 1.54) is 24.3 Å². The molecule has 1 aliphatic rings. The van der Waals surface area contributed by atoms with Gasteiger partial charge < -0.3 is 19.9 Å². The van der Waals surface area contributed by atoms with Gasteiger partial charge in [0.2, 0.25) is 0 Å². The third-order valence-corrected chi connectivity index (χ3v) is 3.24. The van der Waals surface area contributed by atoms with Gasteiger partial charge in [-0.15, -0.1) is 0 Å². The minimum Gasteiger partial charge on any atom is -0.478 e. The first-order valence-corrected chi connectivity index (χ1v) is 6.90. The molecule has 0 bridgehead atoms. The molecule has 21 heavy (non-hydrogen) atoms. The molecular weight excluding hydrogens is 274 g/mol. The fraction of sp³-hybridized carbons (Fsp3) is 0.467. The van der Waals surface area contributed by atoms with Crippen molar-refractivity contribution < 1.29 is 24.2 Å². The third-order valence-electron chi connectivity index (χ3n) is 3.24. The Bertz CT molecular complexity index is 493. The summed E-state index contributed by atoms with van der Waals surface area (Å²) in [5, 5.41) is 11.6. The van der Waals surface area contributed by atoms with Crippen molar-refractivity contribution in [2.75, 3.05) is 19.8 Å². The number of carboxylic acids is 1. The van der Waals surface area contributed by atoms with Crippen molar-refractivity contribution in [2.24, 2.45) is 0 Å². The quantitative estimate of drug-likeness (QED) is 0.826. The summed E-state index contributed by atoms with van der Waals surface area (Å²) in [6.45, 7) is 3.62. The SMILES string of the molecule is C[C@@H](CO[C@H]1CCOC1)NC(=O)c1ccc(C(=O)O)cc1. The van der Waals surface area contributed by atoms with Crippen molar-refractivity contribution in [3.63, 3.8) is 0 Å². The number of rotatable bonds is 6. The van der Waals surface area contributed by atoms with Gasteiger partial charge in [0.1, 0.15) is 0 Å². The van der Waals surface area contributed by atoms with E-state index in [0.29, 0.717) is 18.8 Å². The van der Waals surface area contributed by atoms with E-state index in [9.17, 15) is 9.59 Å². The molecule has 1 aromatic carbocycles. The first-order chi connectivity index (χ1) is 10.1. The molecule has 2 N–H and O–H groups in total. The fourth-order valence-corrected chi connectivity index (χ4v) is 2.04. The fourth-order valence-electron chi connectivity index (χ4n) is 2.04. The van der Waals surface area contributed by atoms with Crippen molar-refractivity contribution in [3.8, 4) is 0 Å². The highest BCUT2D eigenvalue weighted by atomic mass is 16.5. The van der Waals surface area contributed by atoms with Gasteiger partial charge in [0, 0.05) is 18.2 Å². The number of amides is 1. The molecule has 1 aromatic rings. The maximum absolute atomic E-state index is 12.0. The van der Waals surface area contributed by atoms with Crippen LogP contribution in [-0.2, 0) is 9.47 Å². The summed E-state index contributed by atoms with van der Waals surface area (Å²) in [6, 6.07) is 5.69. The Hall–Kier alpha value is -1.92. The van der Waals surface area contributed by atoms with Crippen molar-refractivity contribution in [3.05, 3.63) is 35.4 Å². The van der Waals surface area contributed by atoms with Gasteiger partial charge in [0.15, 0.2) is 0 Å². The van der Waals surface area contributed by atoms with Crippen LogP contribution in [0.2, 0.25) is 0 Å². The van der Waals surface area contributed by atoms with E-state index in [-0.39, 0.29) is 23.6 Å². The number of carbonyl (C=O) groups is 2. The number of hydrogen-bond donors (Lipinski definition) is 2. The lowest BCUT2D eigenvalue weighted by Gasteiger charge is -2.17. The molecule has 0 spiro atoms. The Balaban J connectivity index is 1.80. The lowest BCUT2D eigenvalue weighted by Crippen LogP contribution is -2.37. The zero-order valence-corrected chi connectivity index (χ0v) is 11.9. The van der Waals surface area contributed by atoms with Gasteiger partial charge in [-0.05, 0) is 37.6 Å². The average molecular weight is 293 g/mol. The molecule has 0 aliphatic carbocycles. The topological polar surface area (TPSA) is 84.9 Å². The van der Waals surface area contributed by atoms with Gasteiger partial charge in [-0.25, -0.2) is 4.79 Å². The van der Waals surface area contributed by atoms with Crippen molar-refractivity contribution >= 4 is 11.9 Å². The summed E-state index contributed by atoms with van der Waals surface area (Å²) in [5.74, 6) is -1.26. The van der Waals surface area contributed by atoms with Crippen molar-refractivity contribution in [1.29, 1.82) is 0 Å². The van der Waals surface area contributed by atoms with Crippen LogP contribution < -0.4 is 5.32 Å². The number of carbonyl (C=O) groups excluding carboxylic acids is 1. The van der Waals surface area contributed by atoms with Crippen LogP contribution in [0.4, 0.5) is 0 Å². The zero-order valence-electron chi connectivity index (χ0n) is 11.9. The van der Waals surface area contributed by atoms with E-state index in [4.69, 9.17) is 14.6 Å². The summed E-state index contributed by atoms with van der Waals surface area (Å²) in [6.07, 6.45) is 0.997. The normalized spacial score (nSPS) is 19.2. The second-order valence-corrected chi connectivity index (χ2v) is 5.08. The lowest BCUT2D eigenvalue weighted by molar-refractivity contribution is 0.0318. The average Bonchev–Trinajstić information content (AvgIpc) is 2.98. The zero-order chi connectivity index (χ0) is 15.2. The summed E-state index contributed by atoms with van der Waals surface area (Å²) in [4.78, 5) is 22.7. The van der Waals surface area contributed by atoms with Crippen LogP contribution in [0.3, 0.4) is 0 Å². The minimum absolute atomic E-state index is 0.110. The number of ether oxygens (including phenoxy) is 2. The molecule has 2 rings (SSSR count). The Morgan fingerprint density at radius 1 is 1.38 bits per heavy atom. The number of carboxylic acid groups (broad SMARTS) is 1. The van der Waals surface area contributed by atoms with Gasteiger partial charge in [-0.3, -0.25) is 4.79 Å². The summed E-state index contributed by atoms with van der Waals surface area (Å²) >= 11 is 0. The van der Waals surface area contributed by atoms with E-state index in [0.717, 1.165) is 13.0 Å². The highest BCUT2D eigenvalue weighted by molar-refractivity contribution is 5.96. The van der Waals surface area contributed by atoms with Crippen LogP contribution >= 0.6 is 0 Å². The molecule has 1 saturated heterocycles. The molecule has 0 aromatic heterocycles. The van der Waals surface area contributed by atoms with E-state index in [1.807, 2.05) is 6.92 Å². The molecule has 1 amide bonds. The number of hydrogen-bond acceptors (Lipinski definition) is 4. The van der Waals surface area contributed by atoms with E-state index >= 15 is 0 Å². The highest BCUT2D eigenvalue weighted by Crippen LogP contribution is 2.09. The predicted molar refractivity (Wildman–Crippen MR) is 75.5 cm³/mol. The molecule has 0 unspecified atom stereocenters. The standard InChI is InChI=1S/C15H19NO5/c1-10(8-21-13-6-7-20-9-13)16-14(17)11-2-4-12(5-3-11)15(18)19/h2-5,10,13H,6-9H2,1H3,(H,16,17)(H,18,19)/t10-,13-/m0/s1. The van der Waals surface area contributed by atoms with Crippen molar-refractivity contribution in [1.82, 2.24) is 5.32 Å². The van der Waals surface area contributed by atoms with E-state index in [1.54, 1.807) is 0 Å². The largest absolute Gasteiger partial charge is 0.478 e. The van der Waals surface area contributed by atoms with Gasteiger partial charge in [-0.1, -0.05) is 0 Å². The molecule has 2 atom stereocenters. The smallest absolute Gasteiger partial charge is 0.335 e. The van der Waals surface area contributed by atoms with Gasteiger partial charge >= 0.3 is 5.97 Å². The Kier molecular flexibility index (Phi) is 5.30. The first kappa shape index (κ1) is 15.5. The second-order valence-electron chi connectivity index (χ2n) is 5.08. The van der Waals surface area contributed by atoms with Gasteiger partial charge in [0.05, 0.1) is 24.9 Å². The Morgan fingerprint density at radius 2 is 2.05 bits per heavy atom. The Morgan fingerprint density at radius 3 is 2.62 bits per heavy atom. The molecule has 0 radical (unpaired) electrons. The van der Waals surface area contributed by atoms with Crippen LogP contribution in [0.5, 0.6) is 0 Å². The van der Waals surface area contributed by atoms with Crippen LogP contribution in [0.25, 0.3) is 0 Å². The minimum atomic E-state index is -1.01. The molecule has 1 aliphatic heterocycles. The molecule has 6 heteroatoms. The highest BCUT2D eigenvalue weighted by Gasteiger charge is 2.18. The Labute approximate surface area is 123 Å². The first-order valence-electron chi connectivity index (χ1n) is 6.90. The summed E-state index contributed by atoms with van der Waals surface area (Å²) in [5.41, 5.74) is 0.584. The molecule has 1 heterocycles. The van der Waals surface area contributed by atoms with Gasteiger partial charge in [0.25, 0.3) is 5.91 Å². The molecule has 114 valence electrons. The summed E-state index contributed by atoms with van der Waals surface area (Å²) in [7, 11) is 0. The van der Waals surface area contributed by atoms with Crippen LogP contribution in [0.15, 0.2) is 24.3 Å². The second kappa shape index (κ2) is 7.19. The molecular formula is C15H19NO5. The van der Waals surface area contributed by atoms with E-state index < -0.39 is 5.97 Å². The molecule has 0 saturated carbocycles. The van der Waals surface area contributed by atoms with Crippen molar-refractivity contribution in [2.45, 2.75) is 25.5 Å². The maximum atomic E-state index is 12.0. The number of aromatic carboxylic acids is 1. The molecule has 1 fully saturated rings. The maximum Gasteiger partial charge on any atom is 0.335 e. The molecule has 6 nitrogen and oxygen atoms in total. The number of benzene rings is 1.